The van der Waals surface area contributed by atoms with Gasteiger partial charge in [0.05, 0.1) is 0 Å². The Morgan fingerprint density at radius 1 is 0.724 bits per heavy atom. The second kappa shape index (κ2) is 9.98. The molecule has 0 radical (unpaired) electrons. The maximum atomic E-state index is 4.85. The summed E-state index contributed by atoms with van der Waals surface area (Å²) in [5.41, 5.74) is 3.79. The zero-order chi connectivity index (χ0) is 19.7. The Kier molecular flexibility index (Phi) is 6.65. The summed E-state index contributed by atoms with van der Waals surface area (Å²) in [6.07, 6.45) is 7.24. The van der Waals surface area contributed by atoms with Gasteiger partial charge in [0, 0.05) is 35.8 Å². The van der Waals surface area contributed by atoms with E-state index in [1.165, 1.54) is 0 Å². The third kappa shape index (κ3) is 5.29. The molecule has 0 amide bonds. The van der Waals surface area contributed by atoms with Gasteiger partial charge in [-0.3, -0.25) is 4.68 Å². The van der Waals surface area contributed by atoms with E-state index in [1.807, 2.05) is 71.7 Å². The van der Waals surface area contributed by atoms with E-state index in [4.69, 9.17) is 4.98 Å². The first-order valence-electron chi connectivity index (χ1n) is 9.86. The van der Waals surface area contributed by atoms with Crippen molar-refractivity contribution in [3.05, 3.63) is 79.1 Å². The fourth-order valence-electron chi connectivity index (χ4n) is 3.11. The van der Waals surface area contributed by atoms with Gasteiger partial charge < -0.3 is 0 Å². The van der Waals surface area contributed by atoms with Gasteiger partial charge in [-0.1, -0.05) is 78.8 Å². The molecule has 0 atom stereocenters. The van der Waals surface area contributed by atoms with Crippen molar-refractivity contribution in [2.75, 3.05) is 5.75 Å². The Bertz CT molecular complexity index is 1000. The topological polar surface area (TPSA) is 56.5 Å². The number of thioether (sulfide) groups is 1. The molecule has 2 aromatic heterocycles. The van der Waals surface area contributed by atoms with Crippen LogP contribution in [0.1, 0.15) is 19.3 Å². The predicted molar refractivity (Wildman–Crippen MR) is 118 cm³/mol. The zero-order valence-corrected chi connectivity index (χ0v) is 17.0. The second-order valence-corrected chi connectivity index (χ2v) is 7.76. The van der Waals surface area contributed by atoms with Crippen LogP contribution in [0.15, 0.2) is 84.3 Å². The highest BCUT2D eigenvalue weighted by Gasteiger charge is 2.13. The van der Waals surface area contributed by atoms with E-state index in [2.05, 4.69) is 27.4 Å². The minimum atomic E-state index is 0.732. The van der Waals surface area contributed by atoms with E-state index in [0.29, 0.717) is 0 Å². The van der Waals surface area contributed by atoms with Gasteiger partial charge in [0.25, 0.3) is 0 Å². The molecule has 4 rings (SSSR count). The smallest absolute Gasteiger partial charge is 0.209 e. The molecule has 0 spiro atoms. The van der Waals surface area contributed by atoms with E-state index in [-0.39, 0.29) is 0 Å². The molecule has 0 bridgehead atoms. The van der Waals surface area contributed by atoms with Gasteiger partial charge in [0.15, 0.2) is 0 Å². The lowest BCUT2D eigenvalue weighted by Gasteiger charge is -2.09. The molecule has 0 saturated heterocycles. The number of rotatable bonds is 9. The predicted octanol–water partition coefficient (Wildman–Crippen LogP) is 5.36. The molecule has 0 aliphatic rings. The van der Waals surface area contributed by atoms with Gasteiger partial charge in [-0.15, -0.1) is 10.2 Å². The van der Waals surface area contributed by atoms with Crippen molar-refractivity contribution >= 4 is 11.8 Å². The molecule has 0 unspecified atom stereocenters. The van der Waals surface area contributed by atoms with Crippen LogP contribution in [0.25, 0.3) is 22.5 Å². The fourth-order valence-corrected chi connectivity index (χ4v) is 3.89. The van der Waals surface area contributed by atoms with Gasteiger partial charge in [-0.2, -0.15) is 5.10 Å². The fraction of sp³-hybridized carbons (Fsp3) is 0.217. The number of unbranched alkanes of at least 4 members (excludes halogenated alkanes) is 2. The summed E-state index contributed by atoms with van der Waals surface area (Å²) >= 11 is 1.67. The molecule has 29 heavy (non-hydrogen) atoms. The number of hydrogen-bond acceptors (Lipinski definition) is 5. The quantitative estimate of drug-likeness (QED) is 0.279. The average Bonchev–Trinajstić information content (AvgIpc) is 3.31. The Morgan fingerprint density at radius 2 is 1.45 bits per heavy atom. The van der Waals surface area contributed by atoms with Crippen molar-refractivity contribution in [2.24, 2.45) is 0 Å². The largest absolute Gasteiger partial charge is 0.273 e. The van der Waals surface area contributed by atoms with E-state index >= 15 is 0 Å². The first-order chi connectivity index (χ1) is 14.4. The molecule has 0 aliphatic carbocycles. The first-order valence-corrected chi connectivity index (χ1v) is 10.8. The van der Waals surface area contributed by atoms with Crippen molar-refractivity contribution in [1.82, 2.24) is 25.0 Å². The third-order valence-corrected chi connectivity index (χ3v) is 5.51. The molecule has 0 N–H and O–H groups in total. The lowest BCUT2D eigenvalue weighted by atomic mass is 10.0. The summed E-state index contributed by atoms with van der Waals surface area (Å²) in [6, 6.07) is 22.3. The van der Waals surface area contributed by atoms with E-state index in [0.717, 1.165) is 59.2 Å². The summed E-state index contributed by atoms with van der Waals surface area (Å²) in [5.74, 6) is 0.986. The van der Waals surface area contributed by atoms with Crippen LogP contribution in [0.4, 0.5) is 0 Å². The molecular weight excluding hydrogens is 378 g/mol. The van der Waals surface area contributed by atoms with Crippen molar-refractivity contribution in [2.45, 2.75) is 31.0 Å². The van der Waals surface area contributed by atoms with Crippen molar-refractivity contribution in [3.8, 4) is 22.5 Å². The van der Waals surface area contributed by atoms with Crippen LogP contribution in [-0.4, -0.2) is 30.7 Å². The standard InChI is InChI=1S/C23H23N5S/c1-4-11-19(12-5-1)21-22(20-13-6-2-7-14-20)26-27-23(25-21)29-18-9-3-8-16-28-17-10-15-24-28/h1-2,4-7,10-15,17H,3,8-9,16,18H2. The summed E-state index contributed by atoms with van der Waals surface area (Å²) in [5, 5.41) is 13.9. The molecule has 6 heteroatoms. The third-order valence-electron chi connectivity index (χ3n) is 4.58. The molecule has 0 fully saturated rings. The number of aryl methyl sites for hydroxylation is 1. The lowest BCUT2D eigenvalue weighted by molar-refractivity contribution is 0.554. The highest BCUT2D eigenvalue weighted by atomic mass is 32.2. The van der Waals surface area contributed by atoms with Gasteiger partial charge in [-0.25, -0.2) is 4.98 Å². The Balaban J connectivity index is 1.41. The molecule has 146 valence electrons. The van der Waals surface area contributed by atoms with E-state index in [1.54, 1.807) is 11.8 Å². The molecule has 0 aliphatic heterocycles. The Hall–Kier alpha value is -2.99. The van der Waals surface area contributed by atoms with Crippen LogP contribution in [0, 0.1) is 0 Å². The highest BCUT2D eigenvalue weighted by molar-refractivity contribution is 7.99. The van der Waals surface area contributed by atoms with Crippen LogP contribution in [0.3, 0.4) is 0 Å². The molecule has 2 heterocycles. The monoisotopic (exact) mass is 401 g/mol. The van der Waals surface area contributed by atoms with Gasteiger partial charge >= 0.3 is 0 Å². The van der Waals surface area contributed by atoms with Crippen molar-refractivity contribution < 1.29 is 0 Å². The molecule has 5 nitrogen and oxygen atoms in total. The SMILES string of the molecule is c1ccc(-c2nnc(SCCCCCn3cccn3)nc2-c2ccccc2)cc1. The lowest BCUT2D eigenvalue weighted by Crippen LogP contribution is -2.00. The van der Waals surface area contributed by atoms with Crippen molar-refractivity contribution in [1.29, 1.82) is 0 Å². The van der Waals surface area contributed by atoms with Crippen molar-refractivity contribution in [3.63, 3.8) is 0 Å². The number of hydrogen-bond donors (Lipinski definition) is 0. The minimum Gasteiger partial charge on any atom is -0.273 e. The number of benzene rings is 2. The maximum Gasteiger partial charge on any atom is 0.209 e. The summed E-state index contributed by atoms with van der Waals surface area (Å²) in [7, 11) is 0. The Labute approximate surface area is 175 Å². The van der Waals surface area contributed by atoms with Crippen LogP contribution in [-0.2, 0) is 6.54 Å². The maximum absolute atomic E-state index is 4.85. The Morgan fingerprint density at radius 3 is 2.14 bits per heavy atom. The molecular formula is C23H23N5S. The summed E-state index contributed by atoms with van der Waals surface area (Å²) in [4.78, 5) is 4.85. The minimum absolute atomic E-state index is 0.732. The zero-order valence-electron chi connectivity index (χ0n) is 16.2. The van der Waals surface area contributed by atoms with Gasteiger partial charge in [0.2, 0.25) is 5.16 Å². The highest BCUT2D eigenvalue weighted by Crippen LogP contribution is 2.29. The van der Waals surface area contributed by atoms with E-state index in [9.17, 15) is 0 Å². The molecule has 2 aromatic carbocycles. The van der Waals surface area contributed by atoms with Crippen LogP contribution >= 0.6 is 11.8 Å². The first kappa shape index (κ1) is 19.3. The molecule has 0 saturated carbocycles. The summed E-state index contributed by atoms with van der Waals surface area (Å²) < 4.78 is 1.98. The second-order valence-electron chi connectivity index (χ2n) is 6.70. The van der Waals surface area contributed by atoms with Crippen LogP contribution < -0.4 is 0 Å². The average molecular weight is 402 g/mol. The normalized spacial score (nSPS) is 10.9. The van der Waals surface area contributed by atoms with Gasteiger partial charge in [0.1, 0.15) is 11.4 Å². The van der Waals surface area contributed by atoms with Crippen LogP contribution in [0.5, 0.6) is 0 Å². The van der Waals surface area contributed by atoms with E-state index < -0.39 is 0 Å². The van der Waals surface area contributed by atoms with Crippen LogP contribution in [0.2, 0.25) is 0 Å². The summed E-state index contributed by atoms with van der Waals surface area (Å²) in [6.45, 7) is 0.972. The number of aromatic nitrogens is 5. The number of nitrogens with zero attached hydrogens (tertiary/aromatic N) is 5. The molecule has 4 aromatic rings. The van der Waals surface area contributed by atoms with Gasteiger partial charge in [-0.05, 0) is 18.9 Å².